The van der Waals surface area contributed by atoms with Crippen LogP contribution in [0.3, 0.4) is 0 Å². The van der Waals surface area contributed by atoms with E-state index in [1.165, 1.54) is 25.4 Å². The van der Waals surface area contributed by atoms with Gasteiger partial charge in [0.25, 0.3) is 0 Å². The van der Waals surface area contributed by atoms with Crippen molar-refractivity contribution in [3.63, 3.8) is 0 Å². The second-order valence-corrected chi connectivity index (χ2v) is 3.61. The molecule has 0 radical (unpaired) electrons. The van der Waals surface area contributed by atoms with E-state index in [9.17, 15) is 9.18 Å². The van der Waals surface area contributed by atoms with Crippen LogP contribution in [0.15, 0.2) is 36.5 Å². The van der Waals surface area contributed by atoms with E-state index in [0.717, 1.165) is 6.07 Å². The molecule has 0 spiro atoms. The van der Waals surface area contributed by atoms with Crippen LogP contribution in [-0.2, 0) is 0 Å². The molecule has 0 saturated heterocycles. The number of hydrogen-bond donors (Lipinski definition) is 1. The molecule has 4 nitrogen and oxygen atoms in total. The molecule has 0 saturated carbocycles. The van der Waals surface area contributed by atoms with Gasteiger partial charge in [0.1, 0.15) is 17.3 Å². The third-order valence-electron chi connectivity index (χ3n) is 2.46. The Morgan fingerprint density at radius 1 is 1.39 bits per heavy atom. The molecule has 0 aliphatic carbocycles. The Morgan fingerprint density at radius 2 is 2.17 bits per heavy atom. The second-order valence-electron chi connectivity index (χ2n) is 3.61. The van der Waals surface area contributed by atoms with E-state index in [1.54, 1.807) is 12.1 Å². The summed E-state index contributed by atoms with van der Waals surface area (Å²) in [6.45, 7) is 0. The molecule has 1 aromatic heterocycles. The van der Waals surface area contributed by atoms with Gasteiger partial charge in [0.15, 0.2) is 0 Å². The number of benzene rings is 1. The van der Waals surface area contributed by atoms with Crippen molar-refractivity contribution in [2.75, 3.05) is 12.8 Å². The van der Waals surface area contributed by atoms with Crippen LogP contribution in [0, 0.1) is 5.82 Å². The third kappa shape index (κ3) is 2.15. The molecule has 2 rings (SSSR count). The van der Waals surface area contributed by atoms with Gasteiger partial charge < -0.3 is 10.5 Å². The Balaban J connectivity index is 2.52. The van der Waals surface area contributed by atoms with Crippen LogP contribution < -0.4 is 10.5 Å². The number of hydrogen-bond acceptors (Lipinski definition) is 4. The number of carbonyl (C=O) groups is 1. The molecule has 2 aromatic rings. The minimum Gasteiger partial charge on any atom is -0.496 e. The largest absolute Gasteiger partial charge is 0.496 e. The summed E-state index contributed by atoms with van der Waals surface area (Å²) in [5, 5.41) is 0. The van der Waals surface area contributed by atoms with Gasteiger partial charge in [-0.3, -0.25) is 9.78 Å². The summed E-state index contributed by atoms with van der Waals surface area (Å²) in [7, 11) is 1.41. The maximum absolute atomic E-state index is 13.2. The van der Waals surface area contributed by atoms with Gasteiger partial charge in [-0.1, -0.05) is 0 Å². The first-order valence-corrected chi connectivity index (χ1v) is 5.22. The lowest BCUT2D eigenvalue weighted by molar-refractivity contribution is 0.103. The van der Waals surface area contributed by atoms with Crippen LogP contribution in [0.4, 0.5) is 10.1 Å². The number of ether oxygens (including phenoxy) is 1. The fourth-order valence-electron chi connectivity index (χ4n) is 1.59. The number of nitrogens with zero attached hydrogens (tertiary/aromatic N) is 1. The highest BCUT2D eigenvalue weighted by Crippen LogP contribution is 2.23. The number of rotatable bonds is 3. The molecular weight excluding hydrogens is 235 g/mol. The Morgan fingerprint density at radius 3 is 2.83 bits per heavy atom. The molecule has 18 heavy (non-hydrogen) atoms. The summed E-state index contributed by atoms with van der Waals surface area (Å²) in [4.78, 5) is 16.1. The Kier molecular flexibility index (Phi) is 3.23. The zero-order valence-corrected chi connectivity index (χ0v) is 9.68. The number of pyridine rings is 1. The molecule has 0 aliphatic heterocycles. The number of nitrogens with two attached hydrogens (primary N) is 1. The number of ketones is 1. The van der Waals surface area contributed by atoms with Gasteiger partial charge in [-0.15, -0.1) is 0 Å². The van der Waals surface area contributed by atoms with E-state index in [4.69, 9.17) is 10.5 Å². The quantitative estimate of drug-likeness (QED) is 0.842. The maximum Gasteiger partial charge on any atom is 0.217 e. The fourth-order valence-corrected chi connectivity index (χ4v) is 1.59. The van der Waals surface area contributed by atoms with Gasteiger partial charge >= 0.3 is 0 Å². The topological polar surface area (TPSA) is 65.2 Å². The first-order chi connectivity index (χ1) is 8.63. The minimum atomic E-state index is -0.520. The molecule has 5 heteroatoms. The molecule has 2 N–H and O–H groups in total. The summed E-state index contributed by atoms with van der Waals surface area (Å²) in [6, 6.07) is 6.90. The highest BCUT2D eigenvalue weighted by Gasteiger charge is 2.18. The molecule has 0 bridgehead atoms. The smallest absolute Gasteiger partial charge is 0.217 e. The maximum atomic E-state index is 13.2. The summed E-state index contributed by atoms with van der Waals surface area (Å²) >= 11 is 0. The summed E-state index contributed by atoms with van der Waals surface area (Å²) < 4.78 is 18.2. The van der Waals surface area contributed by atoms with Crippen molar-refractivity contribution in [2.24, 2.45) is 0 Å². The predicted molar refractivity (Wildman–Crippen MR) is 65.0 cm³/mol. The van der Waals surface area contributed by atoms with Gasteiger partial charge in [0, 0.05) is 6.20 Å². The Bertz CT molecular complexity index is 599. The van der Waals surface area contributed by atoms with Gasteiger partial charge in [-0.05, 0) is 30.3 Å². The van der Waals surface area contributed by atoms with Gasteiger partial charge in [0.05, 0.1) is 18.4 Å². The molecule has 0 aliphatic rings. The average molecular weight is 246 g/mol. The van der Waals surface area contributed by atoms with Crippen molar-refractivity contribution in [3.05, 3.63) is 53.6 Å². The van der Waals surface area contributed by atoms with Gasteiger partial charge in [0.2, 0.25) is 5.78 Å². The first-order valence-electron chi connectivity index (χ1n) is 5.22. The van der Waals surface area contributed by atoms with E-state index >= 15 is 0 Å². The van der Waals surface area contributed by atoms with Crippen molar-refractivity contribution < 1.29 is 13.9 Å². The fraction of sp³-hybridized carbons (Fsp3) is 0.0769. The summed E-state index contributed by atoms with van der Waals surface area (Å²) in [5.74, 6) is -0.704. The Hall–Kier alpha value is -2.43. The lowest BCUT2D eigenvalue weighted by atomic mass is 10.1. The second kappa shape index (κ2) is 4.83. The highest BCUT2D eigenvalue weighted by molar-refractivity contribution is 6.12. The molecular formula is C13H11FN2O2. The van der Waals surface area contributed by atoms with E-state index in [2.05, 4.69) is 4.98 Å². The Labute approximate surface area is 103 Å². The molecule has 0 unspecified atom stereocenters. The molecule has 1 heterocycles. The van der Waals surface area contributed by atoms with Crippen LogP contribution in [0.5, 0.6) is 5.75 Å². The average Bonchev–Trinajstić information content (AvgIpc) is 2.38. The lowest BCUT2D eigenvalue weighted by Crippen LogP contribution is -2.09. The van der Waals surface area contributed by atoms with Gasteiger partial charge in [-0.2, -0.15) is 0 Å². The van der Waals surface area contributed by atoms with E-state index in [0.29, 0.717) is 0 Å². The minimum absolute atomic E-state index is 0.0846. The van der Waals surface area contributed by atoms with Crippen molar-refractivity contribution in [1.29, 1.82) is 0 Å². The molecule has 0 fully saturated rings. The van der Waals surface area contributed by atoms with Crippen molar-refractivity contribution in [2.45, 2.75) is 0 Å². The van der Waals surface area contributed by atoms with Crippen LogP contribution in [-0.4, -0.2) is 17.9 Å². The van der Waals surface area contributed by atoms with Crippen molar-refractivity contribution in [3.8, 4) is 5.75 Å². The molecule has 92 valence electrons. The SMILES string of the molecule is COc1ccc(F)cc1C(=O)c1ncccc1N. The molecule has 0 atom stereocenters. The van der Waals surface area contributed by atoms with E-state index in [1.807, 2.05) is 0 Å². The number of anilines is 1. The summed E-state index contributed by atoms with van der Waals surface area (Å²) in [6.07, 6.45) is 1.45. The summed E-state index contributed by atoms with van der Waals surface area (Å²) in [5.41, 5.74) is 6.10. The zero-order valence-electron chi connectivity index (χ0n) is 9.68. The lowest BCUT2D eigenvalue weighted by Gasteiger charge is -2.08. The number of carbonyl (C=O) groups excluding carboxylic acids is 1. The third-order valence-corrected chi connectivity index (χ3v) is 2.46. The zero-order chi connectivity index (χ0) is 13.1. The molecule has 1 aromatic carbocycles. The van der Waals surface area contributed by atoms with Crippen LogP contribution in [0.25, 0.3) is 0 Å². The highest BCUT2D eigenvalue weighted by atomic mass is 19.1. The van der Waals surface area contributed by atoms with Crippen LogP contribution in [0.2, 0.25) is 0 Å². The normalized spacial score (nSPS) is 10.1. The first kappa shape index (κ1) is 12.0. The molecule has 0 amide bonds. The van der Waals surface area contributed by atoms with Crippen molar-refractivity contribution in [1.82, 2.24) is 4.98 Å². The van der Waals surface area contributed by atoms with Crippen molar-refractivity contribution >= 4 is 11.5 Å². The predicted octanol–water partition coefficient (Wildman–Crippen LogP) is 2.04. The standard InChI is InChI=1S/C13H11FN2O2/c1-18-11-5-4-8(14)7-9(11)13(17)12-10(15)3-2-6-16-12/h2-7H,15H2,1H3. The van der Waals surface area contributed by atoms with Crippen LogP contribution >= 0.6 is 0 Å². The van der Waals surface area contributed by atoms with Crippen LogP contribution in [0.1, 0.15) is 16.1 Å². The number of methoxy groups -OCH3 is 1. The van der Waals surface area contributed by atoms with E-state index in [-0.39, 0.29) is 22.7 Å². The van der Waals surface area contributed by atoms with E-state index < -0.39 is 11.6 Å². The number of halogens is 1. The number of nitrogen functional groups attached to an aromatic ring is 1. The monoisotopic (exact) mass is 246 g/mol. The number of aromatic nitrogens is 1. The van der Waals surface area contributed by atoms with Gasteiger partial charge in [-0.25, -0.2) is 4.39 Å².